The van der Waals surface area contributed by atoms with Crippen LogP contribution < -0.4 is 5.73 Å². The second-order valence-corrected chi connectivity index (χ2v) is 4.14. The maximum Gasteiger partial charge on any atom is 0.0582 e. The first-order chi connectivity index (χ1) is 6.27. The molecule has 1 heterocycles. The van der Waals surface area contributed by atoms with E-state index < -0.39 is 0 Å². The minimum atomic E-state index is 0.215. The van der Waals surface area contributed by atoms with Gasteiger partial charge in [-0.1, -0.05) is 18.2 Å². The van der Waals surface area contributed by atoms with Crippen molar-refractivity contribution in [3.63, 3.8) is 0 Å². The highest BCUT2D eigenvalue weighted by Crippen LogP contribution is 2.22. The topological polar surface area (TPSA) is 38.9 Å². The Bertz CT molecular complexity index is 406. The Morgan fingerprint density at radius 2 is 2.38 bits per heavy atom. The first-order valence-electron chi connectivity index (χ1n) is 4.35. The maximum atomic E-state index is 5.77. The van der Waals surface area contributed by atoms with E-state index in [-0.39, 0.29) is 6.04 Å². The molecule has 0 saturated carbocycles. The van der Waals surface area contributed by atoms with E-state index in [1.54, 1.807) is 11.5 Å². The number of benzene rings is 1. The van der Waals surface area contributed by atoms with Crippen LogP contribution in [0, 0.1) is 0 Å². The van der Waals surface area contributed by atoms with E-state index >= 15 is 0 Å². The monoisotopic (exact) mass is 192 g/mol. The molecular weight excluding hydrogens is 180 g/mol. The highest BCUT2D eigenvalue weighted by atomic mass is 32.1. The summed E-state index contributed by atoms with van der Waals surface area (Å²) in [7, 11) is 0. The van der Waals surface area contributed by atoms with Gasteiger partial charge in [0.25, 0.3) is 0 Å². The predicted octanol–water partition coefficient (Wildman–Crippen LogP) is 2.19. The molecule has 1 unspecified atom stereocenters. The highest BCUT2D eigenvalue weighted by Gasteiger charge is 2.04. The van der Waals surface area contributed by atoms with Crippen LogP contribution >= 0.6 is 11.5 Å². The van der Waals surface area contributed by atoms with Crippen LogP contribution in [0.25, 0.3) is 10.1 Å². The third kappa shape index (κ3) is 1.71. The molecule has 68 valence electrons. The fraction of sp³-hybridized carbons (Fsp3) is 0.300. The molecule has 3 heteroatoms. The number of nitrogens with two attached hydrogens (primary N) is 1. The van der Waals surface area contributed by atoms with Gasteiger partial charge in [0.15, 0.2) is 0 Å². The van der Waals surface area contributed by atoms with Crippen molar-refractivity contribution in [1.82, 2.24) is 4.37 Å². The number of aromatic nitrogens is 1. The second kappa shape index (κ2) is 3.44. The van der Waals surface area contributed by atoms with Crippen LogP contribution in [0.5, 0.6) is 0 Å². The molecule has 0 amide bonds. The van der Waals surface area contributed by atoms with E-state index in [0.29, 0.717) is 0 Å². The molecule has 2 rings (SSSR count). The molecule has 0 aliphatic carbocycles. The zero-order valence-corrected chi connectivity index (χ0v) is 8.34. The Hall–Kier alpha value is -0.930. The summed E-state index contributed by atoms with van der Waals surface area (Å²) in [5.41, 5.74) is 7.08. The number of hydrogen-bond donors (Lipinski definition) is 1. The van der Waals surface area contributed by atoms with Crippen LogP contribution in [0.3, 0.4) is 0 Å². The van der Waals surface area contributed by atoms with Gasteiger partial charge in [-0.3, -0.25) is 0 Å². The minimum absolute atomic E-state index is 0.215. The van der Waals surface area contributed by atoms with Gasteiger partial charge in [-0.15, -0.1) is 0 Å². The smallest absolute Gasteiger partial charge is 0.0582 e. The largest absolute Gasteiger partial charge is 0.328 e. The molecule has 0 fully saturated rings. The van der Waals surface area contributed by atoms with Crippen molar-refractivity contribution in [2.45, 2.75) is 19.4 Å². The minimum Gasteiger partial charge on any atom is -0.328 e. The molecule has 1 aromatic heterocycles. The van der Waals surface area contributed by atoms with Crippen LogP contribution in [0.4, 0.5) is 0 Å². The average Bonchev–Trinajstić information content (AvgIpc) is 2.51. The lowest BCUT2D eigenvalue weighted by atomic mass is 10.1. The van der Waals surface area contributed by atoms with Crippen molar-refractivity contribution in [1.29, 1.82) is 0 Å². The highest BCUT2D eigenvalue weighted by molar-refractivity contribution is 7.13. The molecule has 0 saturated heterocycles. The third-order valence-corrected chi connectivity index (χ3v) is 2.90. The molecule has 0 radical (unpaired) electrons. The molecule has 13 heavy (non-hydrogen) atoms. The van der Waals surface area contributed by atoms with Gasteiger partial charge in [0, 0.05) is 17.6 Å². The first-order valence-corrected chi connectivity index (χ1v) is 5.12. The molecule has 1 atom stereocenters. The van der Waals surface area contributed by atoms with Gasteiger partial charge in [0.1, 0.15) is 0 Å². The first kappa shape index (κ1) is 8.66. The van der Waals surface area contributed by atoms with Crippen LogP contribution in [0.2, 0.25) is 0 Å². The fourth-order valence-corrected chi connectivity index (χ4v) is 2.23. The number of nitrogens with zero attached hydrogens (tertiary/aromatic N) is 1. The lowest BCUT2D eigenvalue weighted by molar-refractivity contribution is 0.742. The Morgan fingerprint density at radius 3 is 3.15 bits per heavy atom. The van der Waals surface area contributed by atoms with E-state index in [1.165, 1.54) is 15.6 Å². The standard InChI is InChI=1S/C10H12N2S/c1-7(11)5-8-3-2-4-9-6-12-13-10(8)9/h2-4,6-7H,5,11H2,1H3. The van der Waals surface area contributed by atoms with Crippen LogP contribution in [0.1, 0.15) is 12.5 Å². The SMILES string of the molecule is CC(N)Cc1cccc2cnsc12. The van der Waals surface area contributed by atoms with Gasteiger partial charge in [-0.05, 0) is 30.4 Å². The molecule has 0 aliphatic rings. The Labute approximate surface area is 81.5 Å². The second-order valence-electron chi connectivity index (χ2n) is 3.34. The maximum absolute atomic E-state index is 5.77. The predicted molar refractivity (Wildman–Crippen MR) is 57.0 cm³/mol. The lowest BCUT2D eigenvalue weighted by Gasteiger charge is -2.05. The van der Waals surface area contributed by atoms with Crippen molar-refractivity contribution in [2.75, 3.05) is 0 Å². The van der Waals surface area contributed by atoms with Crippen LogP contribution in [-0.4, -0.2) is 10.4 Å². The molecule has 2 N–H and O–H groups in total. The van der Waals surface area contributed by atoms with E-state index in [2.05, 4.69) is 22.6 Å². The van der Waals surface area contributed by atoms with E-state index in [1.807, 2.05) is 13.1 Å². The van der Waals surface area contributed by atoms with E-state index in [9.17, 15) is 0 Å². The molecule has 0 spiro atoms. The summed E-state index contributed by atoms with van der Waals surface area (Å²) in [5, 5.41) is 1.23. The summed E-state index contributed by atoms with van der Waals surface area (Å²) >= 11 is 1.55. The van der Waals surface area contributed by atoms with E-state index in [0.717, 1.165) is 6.42 Å². The lowest BCUT2D eigenvalue weighted by Crippen LogP contribution is -2.17. The summed E-state index contributed by atoms with van der Waals surface area (Å²) in [6, 6.07) is 6.50. The van der Waals surface area contributed by atoms with Crippen LogP contribution in [-0.2, 0) is 6.42 Å². The summed E-state index contributed by atoms with van der Waals surface area (Å²) in [6.07, 6.45) is 2.84. The van der Waals surface area contributed by atoms with E-state index in [4.69, 9.17) is 5.73 Å². The summed E-state index contributed by atoms with van der Waals surface area (Å²) < 4.78 is 5.45. The van der Waals surface area contributed by atoms with Crippen molar-refractivity contribution in [3.8, 4) is 0 Å². The zero-order valence-electron chi connectivity index (χ0n) is 7.53. The Morgan fingerprint density at radius 1 is 1.54 bits per heavy atom. The summed E-state index contributed by atoms with van der Waals surface area (Å²) in [6.45, 7) is 2.03. The quantitative estimate of drug-likeness (QED) is 0.792. The van der Waals surface area contributed by atoms with Crippen molar-refractivity contribution < 1.29 is 0 Å². The fourth-order valence-electron chi connectivity index (χ4n) is 1.46. The third-order valence-electron chi connectivity index (χ3n) is 2.00. The average molecular weight is 192 g/mol. The Kier molecular flexibility index (Phi) is 2.29. The van der Waals surface area contributed by atoms with Gasteiger partial charge in [-0.25, -0.2) is 0 Å². The molecular formula is C10H12N2S. The number of hydrogen-bond acceptors (Lipinski definition) is 3. The molecule has 2 nitrogen and oxygen atoms in total. The zero-order chi connectivity index (χ0) is 9.26. The van der Waals surface area contributed by atoms with Gasteiger partial charge in [0.2, 0.25) is 0 Å². The van der Waals surface area contributed by atoms with Gasteiger partial charge in [-0.2, -0.15) is 4.37 Å². The van der Waals surface area contributed by atoms with Gasteiger partial charge in [0.05, 0.1) is 4.70 Å². The summed E-state index contributed by atoms with van der Waals surface area (Å²) in [4.78, 5) is 0. The van der Waals surface area contributed by atoms with Gasteiger partial charge < -0.3 is 5.73 Å². The molecule has 0 bridgehead atoms. The van der Waals surface area contributed by atoms with Crippen molar-refractivity contribution >= 4 is 21.6 Å². The summed E-state index contributed by atoms with van der Waals surface area (Å²) in [5.74, 6) is 0. The molecule has 2 aromatic rings. The Balaban J connectivity index is 2.48. The van der Waals surface area contributed by atoms with Crippen molar-refractivity contribution in [2.24, 2.45) is 5.73 Å². The molecule has 1 aromatic carbocycles. The number of fused-ring (bicyclic) bond motifs is 1. The van der Waals surface area contributed by atoms with Crippen molar-refractivity contribution in [3.05, 3.63) is 30.0 Å². The normalized spacial score (nSPS) is 13.4. The van der Waals surface area contributed by atoms with Crippen LogP contribution in [0.15, 0.2) is 24.4 Å². The molecule has 0 aliphatic heterocycles. The van der Waals surface area contributed by atoms with Gasteiger partial charge >= 0.3 is 0 Å². The number of rotatable bonds is 2.